The zero-order chi connectivity index (χ0) is 28.3. The Bertz CT molecular complexity index is 1530. The summed E-state index contributed by atoms with van der Waals surface area (Å²) in [5.41, 5.74) is 4.46. The van der Waals surface area contributed by atoms with Gasteiger partial charge in [-0.2, -0.15) is 0 Å². The van der Waals surface area contributed by atoms with E-state index in [4.69, 9.17) is 4.98 Å². The lowest BCUT2D eigenvalue weighted by Gasteiger charge is -2.27. The van der Waals surface area contributed by atoms with E-state index in [9.17, 15) is 9.59 Å². The van der Waals surface area contributed by atoms with Crippen molar-refractivity contribution < 1.29 is 9.59 Å². The number of aryl methyl sites for hydroxylation is 1. The van der Waals surface area contributed by atoms with Gasteiger partial charge >= 0.3 is 0 Å². The van der Waals surface area contributed by atoms with Crippen LogP contribution >= 0.6 is 22.7 Å². The molecule has 3 heterocycles. The number of fused-ring (bicyclic) bond motifs is 1. The molecule has 4 aromatic rings. The summed E-state index contributed by atoms with van der Waals surface area (Å²) in [6.07, 6.45) is 11.2. The van der Waals surface area contributed by atoms with Gasteiger partial charge in [-0.05, 0) is 94.8 Å². The van der Waals surface area contributed by atoms with Crippen LogP contribution < -0.4 is 5.32 Å². The zero-order valence-electron chi connectivity index (χ0n) is 23.5. The topological polar surface area (TPSA) is 88.1 Å². The highest BCUT2D eigenvalue weighted by Crippen LogP contribution is 2.37. The summed E-state index contributed by atoms with van der Waals surface area (Å²) in [6, 6.07) is 12.4. The predicted octanol–water partition coefficient (Wildman–Crippen LogP) is 6.88. The van der Waals surface area contributed by atoms with Crippen molar-refractivity contribution in [3.05, 3.63) is 81.6 Å². The van der Waals surface area contributed by atoms with E-state index in [-0.39, 0.29) is 17.6 Å². The number of hydrogen-bond acceptors (Lipinski definition) is 8. The fourth-order valence-corrected chi connectivity index (χ4v) is 7.94. The normalized spacial score (nSPS) is 20.8. The summed E-state index contributed by atoms with van der Waals surface area (Å²) in [7, 11) is 4.25. The number of amides is 1. The fourth-order valence-electron chi connectivity index (χ4n) is 6.07. The summed E-state index contributed by atoms with van der Waals surface area (Å²) in [5.74, 6) is 0.348. The molecule has 6 rings (SSSR count). The average Bonchev–Trinajstić information content (AvgIpc) is 3.57. The molecule has 1 saturated carbocycles. The molecule has 1 fully saturated rings. The van der Waals surface area contributed by atoms with E-state index in [0.717, 1.165) is 67.6 Å². The van der Waals surface area contributed by atoms with Gasteiger partial charge in [-0.25, -0.2) is 9.97 Å². The Morgan fingerprint density at radius 2 is 1.93 bits per heavy atom. The Morgan fingerprint density at radius 3 is 2.76 bits per heavy atom. The van der Waals surface area contributed by atoms with Gasteiger partial charge < -0.3 is 4.90 Å². The van der Waals surface area contributed by atoms with Gasteiger partial charge in [0.2, 0.25) is 0 Å². The van der Waals surface area contributed by atoms with Crippen molar-refractivity contribution in [3.63, 3.8) is 0 Å². The van der Waals surface area contributed by atoms with Crippen molar-refractivity contribution in [2.45, 2.75) is 63.3 Å². The second-order valence-corrected chi connectivity index (χ2v) is 13.3. The molecule has 3 unspecified atom stereocenters. The van der Waals surface area contributed by atoms with Gasteiger partial charge in [-0.1, -0.05) is 18.6 Å². The van der Waals surface area contributed by atoms with Crippen LogP contribution in [0.4, 0.5) is 5.13 Å². The van der Waals surface area contributed by atoms with Crippen LogP contribution in [0.15, 0.2) is 54.2 Å². The van der Waals surface area contributed by atoms with Crippen LogP contribution in [0.1, 0.15) is 81.4 Å². The van der Waals surface area contributed by atoms with Gasteiger partial charge in [0.1, 0.15) is 10.7 Å². The molecule has 0 radical (unpaired) electrons. The summed E-state index contributed by atoms with van der Waals surface area (Å²) in [6.45, 7) is 0. The molecule has 1 N–H and O–H groups in total. The minimum atomic E-state index is -0.114. The number of rotatable bonds is 7. The first-order valence-corrected chi connectivity index (χ1v) is 16.1. The number of Topliss-reactive ketones (excluding diaryl/α,β-unsaturated/α-hetero) is 1. The Morgan fingerprint density at radius 1 is 1.02 bits per heavy atom. The van der Waals surface area contributed by atoms with Gasteiger partial charge in [0.25, 0.3) is 5.91 Å². The highest BCUT2D eigenvalue weighted by Gasteiger charge is 2.28. The van der Waals surface area contributed by atoms with E-state index < -0.39 is 0 Å². The third-order valence-electron chi connectivity index (χ3n) is 8.49. The molecule has 2 aliphatic rings. The van der Waals surface area contributed by atoms with Crippen molar-refractivity contribution in [2.24, 2.45) is 5.92 Å². The van der Waals surface area contributed by atoms with Crippen LogP contribution in [0.25, 0.3) is 10.6 Å². The highest BCUT2D eigenvalue weighted by atomic mass is 32.1. The molecule has 3 atom stereocenters. The number of nitrogens with zero attached hydrogens (tertiary/aromatic N) is 4. The molecule has 41 heavy (non-hydrogen) atoms. The van der Waals surface area contributed by atoms with Gasteiger partial charge in [0.05, 0.1) is 5.69 Å². The molecule has 1 amide bonds. The van der Waals surface area contributed by atoms with E-state index in [1.54, 1.807) is 23.7 Å². The maximum atomic E-state index is 13.3. The third-order valence-corrected chi connectivity index (χ3v) is 10.4. The predicted molar refractivity (Wildman–Crippen MR) is 165 cm³/mol. The quantitative estimate of drug-likeness (QED) is 0.188. The summed E-state index contributed by atoms with van der Waals surface area (Å²) >= 11 is 3.10. The Balaban J connectivity index is 1.08. The number of anilines is 1. The lowest BCUT2D eigenvalue weighted by Crippen LogP contribution is -2.32. The minimum absolute atomic E-state index is 0.0154. The van der Waals surface area contributed by atoms with Gasteiger partial charge in [-0.15, -0.1) is 22.7 Å². The molecular formula is C32H35N5O2S2. The molecule has 0 saturated heterocycles. The van der Waals surface area contributed by atoms with Crippen LogP contribution in [0, 0.1) is 5.92 Å². The number of carbonyl (C=O) groups excluding carboxylic acids is 2. The first-order chi connectivity index (χ1) is 19.9. The Kier molecular flexibility index (Phi) is 8.37. The van der Waals surface area contributed by atoms with E-state index in [2.05, 4.69) is 40.3 Å². The lowest BCUT2D eigenvalue weighted by molar-refractivity contribution is 0.0903. The molecule has 2 aliphatic carbocycles. The van der Waals surface area contributed by atoms with Crippen molar-refractivity contribution in [1.82, 2.24) is 19.9 Å². The molecule has 0 aliphatic heterocycles. The summed E-state index contributed by atoms with van der Waals surface area (Å²) in [5, 5.41) is 6.46. The van der Waals surface area contributed by atoms with E-state index in [0.29, 0.717) is 28.3 Å². The molecule has 9 heteroatoms. The fraction of sp³-hybridized carbons (Fsp3) is 0.406. The molecule has 1 aromatic carbocycles. The van der Waals surface area contributed by atoms with Crippen LogP contribution in [0.2, 0.25) is 0 Å². The van der Waals surface area contributed by atoms with E-state index >= 15 is 0 Å². The number of ketones is 1. The Hall–Kier alpha value is -3.27. The van der Waals surface area contributed by atoms with Gasteiger partial charge in [-0.3, -0.25) is 19.9 Å². The number of benzene rings is 1. The molecule has 0 bridgehead atoms. The van der Waals surface area contributed by atoms with Crippen LogP contribution in [0.3, 0.4) is 0 Å². The second kappa shape index (κ2) is 12.3. The first kappa shape index (κ1) is 27.9. The summed E-state index contributed by atoms with van der Waals surface area (Å²) in [4.78, 5) is 43.6. The number of hydrogen-bond donors (Lipinski definition) is 1. The number of aromatic nitrogens is 3. The smallest absolute Gasteiger partial charge is 0.257 e. The number of nitrogens with one attached hydrogen (secondary N) is 1. The summed E-state index contributed by atoms with van der Waals surface area (Å²) < 4.78 is 0. The lowest BCUT2D eigenvalue weighted by atomic mass is 9.89. The molecule has 0 spiro atoms. The molecule has 212 valence electrons. The van der Waals surface area contributed by atoms with Crippen molar-refractivity contribution >= 4 is 39.5 Å². The van der Waals surface area contributed by atoms with Crippen LogP contribution in [-0.2, 0) is 12.8 Å². The van der Waals surface area contributed by atoms with Crippen molar-refractivity contribution in [1.29, 1.82) is 0 Å². The minimum Gasteiger partial charge on any atom is -0.306 e. The van der Waals surface area contributed by atoms with Crippen molar-refractivity contribution in [2.75, 3.05) is 19.4 Å². The number of carbonyl (C=O) groups is 2. The molecular weight excluding hydrogens is 551 g/mol. The van der Waals surface area contributed by atoms with E-state index in [1.807, 2.05) is 35.7 Å². The monoisotopic (exact) mass is 585 g/mol. The number of likely N-dealkylation sites (N-methyl/N-ethyl adjacent to an activating group) is 1. The molecule has 7 nitrogen and oxygen atoms in total. The largest absolute Gasteiger partial charge is 0.306 e. The zero-order valence-corrected chi connectivity index (χ0v) is 25.1. The van der Waals surface area contributed by atoms with Crippen molar-refractivity contribution in [3.8, 4) is 10.6 Å². The standard InChI is InChI=1S/C32H35N5O2S2/c1-37(2)25-13-14-26-28(17-25)41-32(35-26)36-30(39)23-9-4-8-22(16-23)20-6-3-7-21(12-11-20)29(38)27-19-40-31(34-27)24-10-5-15-33-18-24/h4-5,8-10,15-16,18-21,25H,3,6-7,11-14,17H2,1-2H3,(H,35,36,39). The Labute approximate surface area is 249 Å². The third kappa shape index (κ3) is 6.32. The number of thiazole rings is 2. The van der Waals surface area contributed by atoms with E-state index in [1.165, 1.54) is 21.8 Å². The average molecular weight is 586 g/mol. The maximum absolute atomic E-state index is 13.3. The number of pyridine rings is 1. The van der Waals surface area contributed by atoms with Gasteiger partial charge in [0.15, 0.2) is 10.9 Å². The van der Waals surface area contributed by atoms with Crippen LogP contribution in [-0.4, -0.2) is 51.7 Å². The maximum Gasteiger partial charge on any atom is 0.257 e. The first-order valence-electron chi connectivity index (χ1n) is 14.4. The SMILES string of the molecule is CN(C)C1CCc2nc(NC(=O)c3cccc(C4CCCC(C(=O)c5csc(-c6cccnc6)n5)CC4)c3)sc2C1. The van der Waals surface area contributed by atoms with Crippen LogP contribution in [0.5, 0.6) is 0 Å². The molecule has 3 aromatic heterocycles. The highest BCUT2D eigenvalue weighted by molar-refractivity contribution is 7.16. The second-order valence-electron chi connectivity index (χ2n) is 11.4. The van der Waals surface area contributed by atoms with Gasteiger partial charge in [0, 0.05) is 45.7 Å².